The molecule has 1 fully saturated rings. The maximum atomic E-state index is 12.3. The Hall–Kier alpha value is -1.15. The highest BCUT2D eigenvalue weighted by atomic mass is 16.1. The SMILES string of the molecule is Cc1ccc(C(C)(C)C)cc1C(=O)CCNC1CC1. The third-order valence-corrected chi connectivity index (χ3v) is 3.77. The number of carbonyl (C=O) groups is 1. The van der Waals surface area contributed by atoms with Crippen molar-refractivity contribution in [1.82, 2.24) is 5.32 Å². The lowest BCUT2D eigenvalue weighted by Gasteiger charge is -2.20. The Morgan fingerprint density at radius 3 is 2.58 bits per heavy atom. The maximum Gasteiger partial charge on any atom is 0.164 e. The zero-order valence-corrected chi connectivity index (χ0v) is 12.5. The lowest BCUT2D eigenvalue weighted by atomic mass is 9.84. The highest BCUT2D eigenvalue weighted by Gasteiger charge is 2.21. The van der Waals surface area contributed by atoms with Crippen LogP contribution in [0.2, 0.25) is 0 Å². The van der Waals surface area contributed by atoms with Gasteiger partial charge in [0.25, 0.3) is 0 Å². The van der Waals surface area contributed by atoms with Crippen LogP contribution < -0.4 is 5.32 Å². The molecule has 0 aliphatic heterocycles. The molecule has 0 saturated heterocycles. The quantitative estimate of drug-likeness (QED) is 0.818. The fourth-order valence-electron chi connectivity index (χ4n) is 2.20. The van der Waals surface area contributed by atoms with E-state index in [4.69, 9.17) is 0 Å². The number of carbonyl (C=O) groups excluding carboxylic acids is 1. The van der Waals surface area contributed by atoms with Gasteiger partial charge in [0.2, 0.25) is 0 Å². The first-order chi connectivity index (χ1) is 8.88. The average Bonchev–Trinajstić information content (AvgIpc) is 3.12. The van der Waals surface area contributed by atoms with E-state index >= 15 is 0 Å². The summed E-state index contributed by atoms with van der Waals surface area (Å²) < 4.78 is 0. The Balaban J connectivity index is 2.06. The molecule has 0 heterocycles. The minimum Gasteiger partial charge on any atom is -0.314 e. The Morgan fingerprint density at radius 1 is 1.32 bits per heavy atom. The van der Waals surface area contributed by atoms with Crippen LogP contribution in [-0.2, 0) is 5.41 Å². The van der Waals surface area contributed by atoms with Crippen LogP contribution in [0.1, 0.15) is 61.5 Å². The van der Waals surface area contributed by atoms with E-state index in [-0.39, 0.29) is 11.2 Å². The molecule has 19 heavy (non-hydrogen) atoms. The van der Waals surface area contributed by atoms with Gasteiger partial charge in [-0.25, -0.2) is 0 Å². The fourth-order valence-corrected chi connectivity index (χ4v) is 2.20. The van der Waals surface area contributed by atoms with Gasteiger partial charge in [-0.15, -0.1) is 0 Å². The van der Waals surface area contributed by atoms with Crippen molar-refractivity contribution in [3.8, 4) is 0 Å². The molecule has 0 atom stereocenters. The van der Waals surface area contributed by atoms with Crippen LogP contribution in [0.25, 0.3) is 0 Å². The number of ketones is 1. The van der Waals surface area contributed by atoms with E-state index in [0.717, 1.165) is 17.7 Å². The molecule has 0 amide bonds. The van der Waals surface area contributed by atoms with E-state index in [1.54, 1.807) is 0 Å². The van der Waals surface area contributed by atoms with Gasteiger partial charge in [-0.3, -0.25) is 4.79 Å². The summed E-state index contributed by atoms with van der Waals surface area (Å²) in [6.45, 7) is 9.37. The highest BCUT2D eigenvalue weighted by molar-refractivity contribution is 5.97. The molecule has 1 aromatic carbocycles. The molecule has 2 rings (SSSR count). The Morgan fingerprint density at radius 2 is 2.00 bits per heavy atom. The van der Waals surface area contributed by atoms with Crippen molar-refractivity contribution in [2.75, 3.05) is 6.54 Å². The van der Waals surface area contributed by atoms with Crippen molar-refractivity contribution in [1.29, 1.82) is 0 Å². The van der Waals surface area contributed by atoms with Gasteiger partial charge in [0.15, 0.2) is 5.78 Å². The van der Waals surface area contributed by atoms with E-state index in [0.29, 0.717) is 12.5 Å². The number of rotatable bonds is 5. The van der Waals surface area contributed by atoms with Gasteiger partial charge in [0, 0.05) is 24.6 Å². The summed E-state index contributed by atoms with van der Waals surface area (Å²) in [6.07, 6.45) is 3.14. The Bertz CT molecular complexity index is 467. The molecule has 1 aliphatic rings. The number of benzene rings is 1. The lowest BCUT2D eigenvalue weighted by Crippen LogP contribution is -2.21. The smallest absolute Gasteiger partial charge is 0.164 e. The topological polar surface area (TPSA) is 29.1 Å². The van der Waals surface area contributed by atoms with Gasteiger partial charge in [-0.2, -0.15) is 0 Å². The van der Waals surface area contributed by atoms with Crippen molar-refractivity contribution in [3.05, 3.63) is 34.9 Å². The number of Topliss-reactive ketones (excluding diaryl/α,β-unsaturated/α-hetero) is 1. The Kier molecular flexibility index (Phi) is 4.10. The lowest BCUT2D eigenvalue weighted by molar-refractivity contribution is 0.0982. The molecule has 1 aromatic rings. The van der Waals surface area contributed by atoms with E-state index in [1.165, 1.54) is 18.4 Å². The van der Waals surface area contributed by atoms with Gasteiger partial charge in [-0.1, -0.05) is 32.9 Å². The van der Waals surface area contributed by atoms with E-state index in [1.807, 2.05) is 6.92 Å². The molecule has 0 spiro atoms. The van der Waals surface area contributed by atoms with Crippen molar-refractivity contribution < 1.29 is 4.79 Å². The van der Waals surface area contributed by atoms with E-state index in [2.05, 4.69) is 44.3 Å². The van der Waals surface area contributed by atoms with Crippen molar-refractivity contribution in [3.63, 3.8) is 0 Å². The molecule has 1 N–H and O–H groups in total. The second-order valence-electron chi connectivity index (χ2n) is 6.68. The van der Waals surface area contributed by atoms with Crippen LogP contribution in [0, 0.1) is 6.92 Å². The zero-order chi connectivity index (χ0) is 14.0. The Labute approximate surface area is 116 Å². The van der Waals surface area contributed by atoms with Gasteiger partial charge in [0.1, 0.15) is 0 Å². The minimum absolute atomic E-state index is 0.0923. The molecule has 0 bridgehead atoms. The predicted octanol–water partition coefficient (Wildman–Crippen LogP) is 3.62. The first kappa shape index (κ1) is 14.3. The van der Waals surface area contributed by atoms with Crippen LogP contribution in [0.3, 0.4) is 0 Å². The monoisotopic (exact) mass is 259 g/mol. The van der Waals surface area contributed by atoms with Crippen LogP contribution in [0.4, 0.5) is 0 Å². The molecule has 2 nitrogen and oxygen atoms in total. The predicted molar refractivity (Wildman–Crippen MR) is 79.9 cm³/mol. The summed E-state index contributed by atoms with van der Waals surface area (Å²) in [4.78, 5) is 12.3. The summed E-state index contributed by atoms with van der Waals surface area (Å²) >= 11 is 0. The first-order valence-corrected chi connectivity index (χ1v) is 7.25. The third-order valence-electron chi connectivity index (χ3n) is 3.77. The summed E-state index contributed by atoms with van der Waals surface area (Å²) in [5, 5.41) is 3.40. The molecule has 2 heteroatoms. The molecular formula is C17H25NO. The fraction of sp³-hybridized carbons (Fsp3) is 0.588. The summed E-state index contributed by atoms with van der Waals surface area (Å²) in [5.41, 5.74) is 3.31. The molecule has 104 valence electrons. The van der Waals surface area contributed by atoms with Gasteiger partial charge >= 0.3 is 0 Å². The summed E-state index contributed by atoms with van der Waals surface area (Å²) in [5.74, 6) is 0.261. The van der Waals surface area contributed by atoms with Crippen LogP contribution in [-0.4, -0.2) is 18.4 Å². The third kappa shape index (κ3) is 3.90. The van der Waals surface area contributed by atoms with Crippen molar-refractivity contribution in [2.24, 2.45) is 0 Å². The first-order valence-electron chi connectivity index (χ1n) is 7.25. The second-order valence-corrected chi connectivity index (χ2v) is 6.68. The number of hydrogen-bond acceptors (Lipinski definition) is 2. The highest BCUT2D eigenvalue weighted by Crippen LogP contribution is 2.25. The molecule has 0 aromatic heterocycles. The number of nitrogens with one attached hydrogen (secondary N) is 1. The molecule has 1 saturated carbocycles. The molecule has 0 radical (unpaired) electrons. The van der Waals surface area contributed by atoms with Crippen LogP contribution >= 0.6 is 0 Å². The number of hydrogen-bond donors (Lipinski definition) is 1. The zero-order valence-electron chi connectivity index (χ0n) is 12.5. The van der Waals surface area contributed by atoms with Crippen molar-refractivity contribution in [2.45, 2.75) is 58.4 Å². The maximum absolute atomic E-state index is 12.3. The summed E-state index contributed by atoms with van der Waals surface area (Å²) in [6, 6.07) is 6.96. The minimum atomic E-state index is 0.0923. The van der Waals surface area contributed by atoms with E-state index < -0.39 is 0 Å². The largest absolute Gasteiger partial charge is 0.314 e. The molecular weight excluding hydrogens is 234 g/mol. The van der Waals surface area contributed by atoms with Gasteiger partial charge in [0.05, 0.1) is 0 Å². The van der Waals surface area contributed by atoms with Crippen molar-refractivity contribution >= 4 is 5.78 Å². The standard InChI is InChI=1S/C17H25NO/c1-12-5-6-13(17(2,3)4)11-15(12)16(19)9-10-18-14-7-8-14/h5-6,11,14,18H,7-10H2,1-4H3. The van der Waals surface area contributed by atoms with E-state index in [9.17, 15) is 4.79 Å². The van der Waals surface area contributed by atoms with Gasteiger partial charge in [-0.05, 0) is 42.4 Å². The molecule has 1 aliphatic carbocycles. The average molecular weight is 259 g/mol. The second kappa shape index (κ2) is 5.46. The van der Waals surface area contributed by atoms with Gasteiger partial charge < -0.3 is 5.32 Å². The van der Waals surface area contributed by atoms with Crippen LogP contribution in [0.5, 0.6) is 0 Å². The number of aryl methyl sites for hydroxylation is 1. The van der Waals surface area contributed by atoms with Crippen LogP contribution in [0.15, 0.2) is 18.2 Å². The summed E-state index contributed by atoms with van der Waals surface area (Å²) in [7, 11) is 0. The normalized spacial score (nSPS) is 15.6. The molecule has 0 unspecified atom stereocenters.